The number of nitrogens with zero attached hydrogens (tertiary/aromatic N) is 3. The van der Waals surface area contributed by atoms with Crippen molar-refractivity contribution >= 4 is 5.69 Å². The summed E-state index contributed by atoms with van der Waals surface area (Å²) in [5.41, 5.74) is 3.67. The minimum absolute atomic E-state index is 0.356. The molecule has 0 spiro atoms. The molecular weight excluding hydrogens is 238 g/mol. The van der Waals surface area contributed by atoms with Crippen LogP contribution in [0.15, 0.2) is 42.7 Å². The van der Waals surface area contributed by atoms with Crippen LogP contribution < -0.4 is 5.01 Å². The fraction of sp³-hybridized carbons (Fsp3) is 0.267. The summed E-state index contributed by atoms with van der Waals surface area (Å²) in [6, 6.07) is 9.66. The van der Waals surface area contributed by atoms with Crippen molar-refractivity contribution < 1.29 is 5.11 Å². The van der Waals surface area contributed by atoms with Crippen molar-refractivity contribution in [2.24, 2.45) is 0 Å². The average molecular weight is 255 g/mol. The Morgan fingerprint density at radius 1 is 1.16 bits per heavy atom. The summed E-state index contributed by atoms with van der Waals surface area (Å²) in [5, 5.41) is 14.0. The first-order valence-corrected chi connectivity index (χ1v) is 6.43. The van der Waals surface area contributed by atoms with E-state index in [0.29, 0.717) is 5.75 Å². The van der Waals surface area contributed by atoms with Crippen LogP contribution >= 0.6 is 0 Å². The Balaban J connectivity index is 1.80. The number of aromatic nitrogens is 1. The molecular formula is C15H17N3O. The van der Waals surface area contributed by atoms with Crippen molar-refractivity contribution in [2.75, 3.05) is 18.6 Å². The highest BCUT2D eigenvalue weighted by Crippen LogP contribution is 2.25. The summed E-state index contributed by atoms with van der Waals surface area (Å²) in [5.74, 6) is 0.356. The Kier molecular flexibility index (Phi) is 3.09. The molecule has 2 aromatic rings. The number of anilines is 1. The zero-order chi connectivity index (χ0) is 13.2. The van der Waals surface area contributed by atoms with Gasteiger partial charge in [0, 0.05) is 32.5 Å². The molecule has 4 heteroatoms. The minimum Gasteiger partial charge on any atom is -0.508 e. The first kappa shape index (κ1) is 12.0. The van der Waals surface area contributed by atoms with Crippen molar-refractivity contribution in [1.29, 1.82) is 0 Å². The van der Waals surface area contributed by atoms with Crippen LogP contribution in [0.2, 0.25) is 0 Å². The van der Waals surface area contributed by atoms with Gasteiger partial charge in [0.1, 0.15) is 5.75 Å². The lowest BCUT2D eigenvalue weighted by Crippen LogP contribution is -2.43. The SMILES string of the molecule is CN(c1ccncc1)N1CCc2cc(O)ccc2C1. The van der Waals surface area contributed by atoms with Gasteiger partial charge in [0.2, 0.25) is 0 Å². The fourth-order valence-electron chi connectivity index (χ4n) is 2.50. The van der Waals surface area contributed by atoms with E-state index in [-0.39, 0.29) is 0 Å². The van der Waals surface area contributed by atoms with E-state index in [1.54, 1.807) is 6.07 Å². The number of rotatable bonds is 2. The number of phenols is 1. The molecule has 0 fully saturated rings. The van der Waals surface area contributed by atoms with E-state index in [4.69, 9.17) is 0 Å². The van der Waals surface area contributed by atoms with Gasteiger partial charge in [-0.2, -0.15) is 0 Å². The molecule has 3 rings (SSSR count). The zero-order valence-electron chi connectivity index (χ0n) is 11.0. The third-order valence-electron chi connectivity index (χ3n) is 3.64. The number of aromatic hydroxyl groups is 1. The van der Waals surface area contributed by atoms with Gasteiger partial charge in [0.15, 0.2) is 0 Å². The average Bonchev–Trinajstić information content (AvgIpc) is 2.47. The molecule has 0 radical (unpaired) electrons. The first-order chi connectivity index (χ1) is 9.24. The quantitative estimate of drug-likeness (QED) is 0.893. The third kappa shape index (κ3) is 2.39. The highest BCUT2D eigenvalue weighted by Gasteiger charge is 2.19. The maximum atomic E-state index is 9.51. The van der Waals surface area contributed by atoms with Gasteiger partial charge in [0.05, 0.1) is 5.69 Å². The molecule has 0 saturated carbocycles. The van der Waals surface area contributed by atoms with Crippen LogP contribution in [0.3, 0.4) is 0 Å². The largest absolute Gasteiger partial charge is 0.508 e. The van der Waals surface area contributed by atoms with Gasteiger partial charge >= 0.3 is 0 Å². The maximum absolute atomic E-state index is 9.51. The Morgan fingerprint density at radius 2 is 1.95 bits per heavy atom. The van der Waals surface area contributed by atoms with Gasteiger partial charge in [-0.1, -0.05) is 6.07 Å². The summed E-state index contributed by atoms with van der Waals surface area (Å²) < 4.78 is 0. The molecule has 1 N–H and O–H groups in total. The van der Waals surface area contributed by atoms with E-state index < -0.39 is 0 Å². The molecule has 0 unspecified atom stereocenters. The Morgan fingerprint density at radius 3 is 2.74 bits per heavy atom. The predicted octanol–water partition coefficient (Wildman–Crippen LogP) is 2.20. The maximum Gasteiger partial charge on any atom is 0.115 e. The van der Waals surface area contributed by atoms with E-state index in [1.165, 1.54) is 11.1 Å². The Labute approximate surface area is 112 Å². The van der Waals surface area contributed by atoms with E-state index in [9.17, 15) is 5.11 Å². The van der Waals surface area contributed by atoms with Crippen LogP contribution in [0.25, 0.3) is 0 Å². The minimum atomic E-state index is 0.356. The van der Waals surface area contributed by atoms with Crippen LogP contribution in [0.1, 0.15) is 11.1 Å². The Bertz CT molecular complexity index is 571. The standard InChI is InChI=1S/C15H17N3O/c1-17(14-4-7-16-8-5-14)18-9-6-12-10-15(19)3-2-13(12)11-18/h2-5,7-8,10,19H,6,9,11H2,1H3. The van der Waals surface area contributed by atoms with Crippen LogP contribution in [0.4, 0.5) is 5.69 Å². The molecule has 1 aromatic carbocycles. The fourth-order valence-corrected chi connectivity index (χ4v) is 2.50. The van der Waals surface area contributed by atoms with E-state index in [1.807, 2.05) is 36.7 Å². The van der Waals surface area contributed by atoms with E-state index in [2.05, 4.69) is 22.0 Å². The number of hydrogen-bond donors (Lipinski definition) is 1. The summed E-state index contributed by atoms with van der Waals surface area (Å²) in [4.78, 5) is 4.05. The highest BCUT2D eigenvalue weighted by molar-refractivity contribution is 5.43. The highest BCUT2D eigenvalue weighted by atomic mass is 16.3. The lowest BCUT2D eigenvalue weighted by atomic mass is 10.0. The van der Waals surface area contributed by atoms with E-state index >= 15 is 0 Å². The normalized spacial score (nSPS) is 15.0. The number of hydrazine groups is 1. The van der Waals surface area contributed by atoms with Gasteiger partial charge in [-0.25, -0.2) is 5.01 Å². The van der Waals surface area contributed by atoms with Gasteiger partial charge in [-0.3, -0.25) is 4.98 Å². The summed E-state index contributed by atoms with van der Waals surface area (Å²) in [7, 11) is 2.07. The zero-order valence-corrected chi connectivity index (χ0v) is 11.0. The number of fused-ring (bicyclic) bond motifs is 1. The number of hydrogen-bond acceptors (Lipinski definition) is 4. The lowest BCUT2D eigenvalue weighted by molar-refractivity contribution is 0.244. The molecule has 0 bridgehead atoms. The third-order valence-corrected chi connectivity index (χ3v) is 3.64. The molecule has 1 aliphatic rings. The molecule has 98 valence electrons. The Hall–Kier alpha value is -2.07. The van der Waals surface area contributed by atoms with Crippen LogP contribution in [0, 0.1) is 0 Å². The molecule has 1 aromatic heterocycles. The summed E-state index contributed by atoms with van der Waals surface area (Å²) >= 11 is 0. The monoisotopic (exact) mass is 255 g/mol. The van der Waals surface area contributed by atoms with Crippen molar-refractivity contribution in [3.63, 3.8) is 0 Å². The smallest absolute Gasteiger partial charge is 0.115 e. The molecule has 0 aliphatic carbocycles. The van der Waals surface area contributed by atoms with Gasteiger partial charge in [-0.05, 0) is 41.8 Å². The molecule has 4 nitrogen and oxygen atoms in total. The molecule has 0 saturated heterocycles. The number of pyridine rings is 1. The number of benzene rings is 1. The predicted molar refractivity (Wildman–Crippen MR) is 74.9 cm³/mol. The van der Waals surface area contributed by atoms with Gasteiger partial charge in [-0.15, -0.1) is 0 Å². The molecule has 0 atom stereocenters. The molecule has 19 heavy (non-hydrogen) atoms. The van der Waals surface area contributed by atoms with Gasteiger partial charge < -0.3 is 10.1 Å². The molecule has 0 amide bonds. The molecule has 2 heterocycles. The van der Waals surface area contributed by atoms with Crippen LogP contribution in [0.5, 0.6) is 5.75 Å². The molecule has 1 aliphatic heterocycles. The lowest BCUT2D eigenvalue weighted by Gasteiger charge is -2.37. The first-order valence-electron chi connectivity index (χ1n) is 6.43. The van der Waals surface area contributed by atoms with Crippen molar-refractivity contribution in [2.45, 2.75) is 13.0 Å². The number of phenolic OH excluding ortho intramolecular Hbond substituents is 1. The second-order valence-corrected chi connectivity index (χ2v) is 4.82. The van der Waals surface area contributed by atoms with Crippen molar-refractivity contribution in [3.05, 3.63) is 53.9 Å². The van der Waals surface area contributed by atoms with Crippen molar-refractivity contribution in [1.82, 2.24) is 9.99 Å². The van der Waals surface area contributed by atoms with Crippen molar-refractivity contribution in [3.8, 4) is 5.75 Å². The van der Waals surface area contributed by atoms with E-state index in [0.717, 1.165) is 25.2 Å². The summed E-state index contributed by atoms with van der Waals surface area (Å²) in [6.07, 6.45) is 4.57. The second-order valence-electron chi connectivity index (χ2n) is 4.82. The summed E-state index contributed by atoms with van der Waals surface area (Å²) in [6.45, 7) is 1.82. The second kappa shape index (κ2) is 4.90. The van der Waals surface area contributed by atoms with Crippen LogP contribution in [-0.4, -0.2) is 28.7 Å². The van der Waals surface area contributed by atoms with Crippen LogP contribution in [-0.2, 0) is 13.0 Å². The topological polar surface area (TPSA) is 39.6 Å². The van der Waals surface area contributed by atoms with Gasteiger partial charge in [0.25, 0.3) is 0 Å².